The van der Waals surface area contributed by atoms with E-state index in [1.165, 1.54) is 38.5 Å². The van der Waals surface area contributed by atoms with E-state index >= 15 is 0 Å². The highest BCUT2D eigenvalue weighted by Crippen LogP contribution is 2.32. The molecule has 0 spiro atoms. The number of esters is 1. The van der Waals surface area contributed by atoms with E-state index in [4.69, 9.17) is 14.2 Å². The average Bonchev–Trinajstić information content (AvgIpc) is 2.87. The number of nitrogens with zero attached hydrogens (tertiary/aromatic N) is 1. The average molecular weight is 513 g/mol. The minimum atomic E-state index is -4.18. The molecule has 3 aromatic rings. The Bertz CT molecular complexity index is 1340. The highest BCUT2D eigenvalue weighted by molar-refractivity contribution is 7.92. The predicted octanol–water partition coefficient (Wildman–Crippen LogP) is 4.02. The molecule has 0 aliphatic carbocycles. The minimum absolute atomic E-state index is 0.0715. The van der Waals surface area contributed by atoms with Crippen LogP contribution in [0.15, 0.2) is 71.6 Å². The van der Waals surface area contributed by atoms with E-state index in [2.05, 4.69) is 5.32 Å². The van der Waals surface area contributed by atoms with Crippen LogP contribution >= 0.6 is 0 Å². The summed E-state index contributed by atoms with van der Waals surface area (Å²) in [5, 5.41) is 2.66. The van der Waals surface area contributed by atoms with Gasteiger partial charge in [-0.3, -0.25) is 9.10 Å². The minimum Gasteiger partial charge on any atom is -0.493 e. The Kier molecular flexibility index (Phi) is 8.55. The molecule has 0 heterocycles. The fraction of sp³-hybridized carbons (Fsp3) is 0.231. The SMILES string of the molecule is CCOC(=O)c1cccc(NC(=O)CN(c2ccc(C)cc2)S(=O)(=O)c2ccc(OC)c(OC)c2)c1. The number of anilines is 2. The van der Waals surface area contributed by atoms with Crippen molar-refractivity contribution in [3.05, 3.63) is 77.9 Å². The number of carbonyl (C=O) groups excluding carboxylic acids is 2. The third kappa shape index (κ3) is 6.14. The second kappa shape index (κ2) is 11.6. The number of sulfonamides is 1. The fourth-order valence-electron chi connectivity index (χ4n) is 3.40. The Hall–Kier alpha value is -4.05. The lowest BCUT2D eigenvalue weighted by molar-refractivity contribution is -0.114. The molecule has 0 radical (unpaired) electrons. The maximum Gasteiger partial charge on any atom is 0.338 e. The van der Waals surface area contributed by atoms with E-state index in [1.54, 1.807) is 49.4 Å². The molecule has 0 fully saturated rings. The van der Waals surface area contributed by atoms with Gasteiger partial charge in [-0.2, -0.15) is 0 Å². The van der Waals surface area contributed by atoms with Crippen LogP contribution in [0.1, 0.15) is 22.8 Å². The van der Waals surface area contributed by atoms with Gasteiger partial charge >= 0.3 is 5.97 Å². The van der Waals surface area contributed by atoms with E-state index in [1.807, 2.05) is 6.92 Å². The van der Waals surface area contributed by atoms with Crippen molar-refractivity contribution < 1.29 is 32.2 Å². The molecule has 0 saturated heterocycles. The molecule has 3 rings (SSSR count). The third-order valence-corrected chi connectivity index (χ3v) is 6.98. The number of benzene rings is 3. The van der Waals surface area contributed by atoms with E-state index < -0.39 is 28.4 Å². The molecule has 3 aromatic carbocycles. The Morgan fingerprint density at radius 1 is 0.917 bits per heavy atom. The van der Waals surface area contributed by atoms with Crippen LogP contribution in [-0.2, 0) is 19.6 Å². The number of hydrogen-bond donors (Lipinski definition) is 1. The van der Waals surface area contributed by atoms with E-state index in [9.17, 15) is 18.0 Å². The zero-order valence-electron chi connectivity index (χ0n) is 20.5. The number of methoxy groups -OCH3 is 2. The number of hydrogen-bond acceptors (Lipinski definition) is 7. The number of amides is 1. The van der Waals surface area contributed by atoms with Crippen molar-refractivity contribution in [2.24, 2.45) is 0 Å². The highest BCUT2D eigenvalue weighted by Gasteiger charge is 2.28. The van der Waals surface area contributed by atoms with Gasteiger partial charge in [0.15, 0.2) is 11.5 Å². The summed E-state index contributed by atoms with van der Waals surface area (Å²) in [7, 11) is -1.32. The van der Waals surface area contributed by atoms with Crippen molar-refractivity contribution in [2.45, 2.75) is 18.7 Å². The van der Waals surface area contributed by atoms with Gasteiger partial charge < -0.3 is 19.5 Å². The molecular weight excluding hydrogens is 484 g/mol. The summed E-state index contributed by atoms with van der Waals surface area (Å²) in [6.07, 6.45) is 0. The van der Waals surface area contributed by atoms with Gasteiger partial charge in [0.2, 0.25) is 5.91 Å². The number of carbonyl (C=O) groups is 2. The first-order valence-electron chi connectivity index (χ1n) is 11.1. The molecule has 0 aromatic heterocycles. The van der Waals surface area contributed by atoms with Crippen molar-refractivity contribution in [3.63, 3.8) is 0 Å². The van der Waals surface area contributed by atoms with Gasteiger partial charge in [0, 0.05) is 11.8 Å². The van der Waals surface area contributed by atoms with Crippen LogP contribution in [0.25, 0.3) is 0 Å². The van der Waals surface area contributed by atoms with Gasteiger partial charge in [0.05, 0.1) is 37.0 Å². The summed E-state index contributed by atoms with van der Waals surface area (Å²) in [5.41, 5.74) is 1.84. The molecule has 0 saturated carbocycles. The van der Waals surface area contributed by atoms with Gasteiger partial charge in [0.25, 0.3) is 10.0 Å². The topological polar surface area (TPSA) is 111 Å². The first-order chi connectivity index (χ1) is 17.2. The van der Waals surface area contributed by atoms with Crippen LogP contribution in [-0.4, -0.2) is 47.7 Å². The quantitative estimate of drug-likeness (QED) is 0.409. The first kappa shape index (κ1) is 26.6. The molecule has 36 heavy (non-hydrogen) atoms. The Morgan fingerprint density at radius 3 is 2.25 bits per heavy atom. The van der Waals surface area contributed by atoms with E-state index in [0.29, 0.717) is 17.1 Å². The fourth-order valence-corrected chi connectivity index (χ4v) is 4.84. The van der Waals surface area contributed by atoms with Crippen molar-refractivity contribution in [1.82, 2.24) is 0 Å². The zero-order chi connectivity index (χ0) is 26.3. The Morgan fingerprint density at radius 2 is 1.61 bits per heavy atom. The molecule has 0 aliphatic rings. The van der Waals surface area contributed by atoms with Crippen molar-refractivity contribution in [1.29, 1.82) is 0 Å². The summed E-state index contributed by atoms with van der Waals surface area (Å²) in [6, 6.07) is 17.2. The second-order valence-corrected chi connectivity index (χ2v) is 9.58. The molecule has 10 heteroatoms. The summed E-state index contributed by atoms with van der Waals surface area (Å²) < 4.78 is 43.8. The maximum atomic E-state index is 13.7. The van der Waals surface area contributed by atoms with Crippen LogP contribution < -0.4 is 19.1 Å². The van der Waals surface area contributed by atoms with Crippen molar-refractivity contribution in [2.75, 3.05) is 37.0 Å². The lowest BCUT2D eigenvalue weighted by atomic mass is 10.2. The van der Waals surface area contributed by atoms with Crippen LogP contribution in [0, 0.1) is 6.92 Å². The number of rotatable bonds is 10. The second-order valence-electron chi connectivity index (χ2n) is 7.71. The monoisotopic (exact) mass is 512 g/mol. The maximum absolute atomic E-state index is 13.7. The molecule has 1 amide bonds. The normalized spacial score (nSPS) is 10.9. The van der Waals surface area contributed by atoms with Crippen LogP contribution in [0.5, 0.6) is 11.5 Å². The molecule has 0 bridgehead atoms. The number of nitrogens with one attached hydrogen (secondary N) is 1. The summed E-state index contributed by atoms with van der Waals surface area (Å²) >= 11 is 0. The summed E-state index contributed by atoms with van der Waals surface area (Å²) in [4.78, 5) is 24.9. The Balaban J connectivity index is 1.94. The highest BCUT2D eigenvalue weighted by atomic mass is 32.2. The summed E-state index contributed by atoms with van der Waals surface area (Å²) in [6.45, 7) is 3.28. The van der Waals surface area contributed by atoms with Gasteiger partial charge in [-0.15, -0.1) is 0 Å². The number of aryl methyl sites for hydroxylation is 1. The molecule has 9 nitrogen and oxygen atoms in total. The van der Waals surface area contributed by atoms with E-state index in [0.717, 1.165) is 9.87 Å². The van der Waals surface area contributed by atoms with Crippen molar-refractivity contribution >= 4 is 33.3 Å². The zero-order valence-corrected chi connectivity index (χ0v) is 21.3. The molecule has 1 N–H and O–H groups in total. The van der Waals surface area contributed by atoms with Crippen LogP contribution in [0.4, 0.5) is 11.4 Å². The van der Waals surface area contributed by atoms with Gasteiger partial charge in [-0.25, -0.2) is 13.2 Å². The standard InChI is InChI=1S/C26H28N2O7S/c1-5-35-26(30)19-7-6-8-20(15-19)27-25(29)17-28(21-11-9-18(2)10-12-21)36(31,32)22-13-14-23(33-3)24(16-22)34-4/h6-16H,5,17H2,1-4H3,(H,27,29). The largest absolute Gasteiger partial charge is 0.493 e. The molecule has 0 atom stereocenters. The smallest absolute Gasteiger partial charge is 0.338 e. The lowest BCUT2D eigenvalue weighted by Crippen LogP contribution is -2.38. The molecule has 190 valence electrons. The molecular formula is C26H28N2O7S. The first-order valence-corrected chi connectivity index (χ1v) is 12.5. The lowest BCUT2D eigenvalue weighted by Gasteiger charge is -2.24. The Labute approximate surface area is 210 Å². The third-order valence-electron chi connectivity index (χ3n) is 5.21. The summed E-state index contributed by atoms with van der Waals surface area (Å²) in [5.74, 6) is -0.508. The molecule has 0 aliphatic heterocycles. The van der Waals surface area contributed by atoms with Gasteiger partial charge in [0.1, 0.15) is 6.54 Å². The van der Waals surface area contributed by atoms with E-state index in [-0.39, 0.29) is 22.8 Å². The van der Waals surface area contributed by atoms with Gasteiger partial charge in [-0.05, 0) is 56.3 Å². The number of ether oxygens (including phenoxy) is 3. The van der Waals surface area contributed by atoms with Crippen LogP contribution in [0.2, 0.25) is 0 Å². The van der Waals surface area contributed by atoms with Crippen molar-refractivity contribution in [3.8, 4) is 11.5 Å². The van der Waals surface area contributed by atoms with Crippen LogP contribution in [0.3, 0.4) is 0 Å². The molecule has 0 unspecified atom stereocenters. The predicted molar refractivity (Wildman–Crippen MR) is 136 cm³/mol. The van der Waals surface area contributed by atoms with Gasteiger partial charge in [-0.1, -0.05) is 23.8 Å².